The fourth-order valence-electron chi connectivity index (χ4n) is 2.00. The molecule has 110 valence electrons. The Labute approximate surface area is 129 Å². The molecule has 0 fully saturated rings. The van der Waals surface area contributed by atoms with Gasteiger partial charge in [0.25, 0.3) is 0 Å². The van der Waals surface area contributed by atoms with Crippen molar-refractivity contribution in [1.82, 2.24) is 0 Å². The summed E-state index contributed by atoms with van der Waals surface area (Å²) in [6.45, 7) is 6.01. The quantitative estimate of drug-likeness (QED) is 0.664. The van der Waals surface area contributed by atoms with Gasteiger partial charge in [0.1, 0.15) is 0 Å². The topological polar surface area (TPSA) is 55.1 Å². The predicted octanol–water partition coefficient (Wildman–Crippen LogP) is 3.92. The van der Waals surface area contributed by atoms with Crippen molar-refractivity contribution in [3.8, 4) is 0 Å². The number of rotatable bonds is 4. The van der Waals surface area contributed by atoms with Crippen LogP contribution in [0.15, 0.2) is 41.3 Å². The minimum absolute atomic E-state index is 0.0189. The molecule has 2 rings (SSSR count). The molecule has 1 amide bonds. The lowest BCUT2D eigenvalue weighted by Gasteiger charge is -2.11. The van der Waals surface area contributed by atoms with Gasteiger partial charge in [0.15, 0.2) is 0 Å². The van der Waals surface area contributed by atoms with Gasteiger partial charge in [-0.1, -0.05) is 24.3 Å². The Balaban J connectivity index is 1.99. The van der Waals surface area contributed by atoms with Crippen molar-refractivity contribution in [1.29, 1.82) is 0 Å². The van der Waals surface area contributed by atoms with Crippen LogP contribution in [0.5, 0.6) is 0 Å². The van der Waals surface area contributed by atoms with Crippen LogP contribution < -0.4 is 11.1 Å². The van der Waals surface area contributed by atoms with Crippen molar-refractivity contribution in [3.05, 3.63) is 53.1 Å². The summed E-state index contributed by atoms with van der Waals surface area (Å²) in [6.07, 6.45) is 0. The molecule has 0 saturated carbocycles. The van der Waals surface area contributed by atoms with Crippen molar-refractivity contribution in [3.63, 3.8) is 0 Å². The number of nitrogens with two attached hydrogens (primary N) is 1. The largest absolute Gasteiger partial charge is 0.398 e. The van der Waals surface area contributed by atoms with Gasteiger partial charge in [-0.2, -0.15) is 0 Å². The van der Waals surface area contributed by atoms with Crippen molar-refractivity contribution in [2.24, 2.45) is 0 Å². The molecule has 0 aromatic heterocycles. The maximum absolute atomic E-state index is 12.1. The Bertz CT molecular complexity index is 668. The van der Waals surface area contributed by atoms with E-state index in [0.29, 0.717) is 5.75 Å². The second-order valence-electron chi connectivity index (χ2n) is 5.07. The normalized spacial score (nSPS) is 10.4. The van der Waals surface area contributed by atoms with Gasteiger partial charge in [0.2, 0.25) is 5.91 Å². The first-order chi connectivity index (χ1) is 9.99. The molecule has 21 heavy (non-hydrogen) atoms. The standard InChI is InChI=1S/C17H20N2OS/c1-11-6-4-8-14(13(11)3)19-16(20)10-21-15-9-5-7-12(2)17(15)18/h4-9H,10,18H2,1-3H3,(H,19,20). The number of nitrogen functional groups attached to an aromatic ring is 1. The van der Waals surface area contributed by atoms with E-state index in [1.807, 2.05) is 57.2 Å². The third-order valence-corrected chi connectivity index (χ3v) is 4.60. The molecule has 0 aliphatic carbocycles. The zero-order valence-electron chi connectivity index (χ0n) is 12.6. The highest BCUT2D eigenvalue weighted by Gasteiger charge is 2.08. The second kappa shape index (κ2) is 6.68. The first-order valence-electron chi connectivity index (χ1n) is 6.83. The average Bonchev–Trinajstić information content (AvgIpc) is 2.45. The van der Waals surface area contributed by atoms with Gasteiger partial charge in [-0.15, -0.1) is 11.8 Å². The summed E-state index contributed by atoms with van der Waals surface area (Å²) >= 11 is 1.46. The lowest BCUT2D eigenvalue weighted by molar-refractivity contribution is -0.113. The fourth-order valence-corrected chi connectivity index (χ4v) is 2.85. The van der Waals surface area contributed by atoms with Gasteiger partial charge >= 0.3 is 0 Å². The number of hydrogen-bond donors (Lipinski definition) is 2. The fraction of sp³-hybridized carbons (Fsp3) is 0.235. The van der Waals surface area contributed by atoms with Crippen molar-refractivity contribution >= 4 is 29.0 Å². The molecule has 2 aromatic rings. The van der Waals surface area contributed by atoms with E-state index in [2.05, 4.69) is 5.32 Å². The first kappa shape index (κ1) is 15.4. The average molecular weight is 300 g/mol. The lowest BCUT2D eigenvalue weighted by atomic mass is 10.1. The van der Waals surface area contributed by atoms with Gasteiger partial charge in [0.05, 0.1) is 5.75 Å². The number of benzene rings is 2. The molecule has 0 aliphatic rings. The Morgan fingerprint density at radius 1 is 1.10 bits per heavy atom. The highest BCUT2D eigenvalue weighted by molar-refractivity contribution is 8.00. The van der Waals surface area contributed by atoms with Gasteiger partial charge in [-0.3, -0.25) is 4.79 Å². The van der Waals surface area contributed by atoms with E-state index in [0.717, 1.165) is 27.4 Å². The van der Waals surface area contributed by atoms with E-state index in [-0.39, 0.29) is 5.91 Å². The van der Waals surface area contributed by atoms with Crippen LogP contribution in [0.25, 0.3) is 0 Å². The Hall–Kier alpha value is -1.94. The molecule has 0 radical (unpaired) electrons. The van der Waals surface area contributed by atoms with Crippen LogP contribution in [0.2, 0.25) is 0 Å². The third kappa shape index (κ3) is 3.79. The molecular weight excluding hydrogens is 280 g/mol. The number of nitrogens with one attached hydrogen (secondary N) is 1. The van der Waals surface area contributed by atoms with Gasteiger partial charge in [-0.05, 0) is 49.6 Å². The second-order valence-corrected chi connectivity index (χ2v) is 6.09. The van der Waals surface area contributed by atoms with E-state index in [1.165, 1.54) is 17.3 Å². The molecule has 0 spiro atoms. The van der Waals surface area contributed by atoms with Crippen molar-refractivity contribution in [2.75, 3.05) is 16.8 Å². The molecule has 3 N–H and O–H groups in total. The van der Waals surface area contributed by atoms with E-state index >= 15 is 0 Å². The lowest BCUT2D eigenvalue weighted by Crippen LogP contribution is -2.15. The summed E-state index contributed by atoms with van der Waals surface area (Å²) in [7, 11) is 0. The van der Waals surface area contributed by atoms with Crippen LogP contribution in [-0.2, 0) is 4.79 Å². The molecule has 0 unspecified atom stereocenters. The number of thioether (sulfide) groups is 1. The summed E-state index contributed by atoms with van der Waals surface area (Å²) in [5, 5.41) is 2.95. The summed E-state index contributed by atoms with van der Waals surface area (Å²) in [5.74, 6) is 0.329. The van der Waals surface area contributed by atoms with E-state index in [4.69, 9.17) is 5.73 Å². The number of para-hydroxylation sites is 1. The maximum atomic E-state index is 12.1. The van der Waals surface area contributed by atoms with Crippen LogP contribution >= 0.6 is 11.8 Å². The van der Waals surface area contributed by atoms with Gasteiger partial charge in [-0.25, -0.2) is 0 Å². The minimum atomic E-state index is -0.0189. The molecule has 0 aliphatic heterocycles. The minimum Gasteiger partial charge on any atom is -0.398 e. The molecule has 4 heteroatoms. The van der Waals surface area contributed by atoms with Crippen molar-refractivity contribution in [2.45, 2.75) is 25.7 Å². The summed E-state index contributed by atoms with van der Waals surface area (Å²) in [4.78, 5) is 13.0. The SMILES string of the molecule is Cc1cccc(NC(=O)CSc2cccc(C)c2N)c1C. The number of carbonyl (C=O) groups is 1. The van der Waals surface area contributed by atoms with E-state index in [1.54, 1.807) is 0 Å². The summed E-state index contributed by atoms with van der Waals surface area (Å²) in [6, 6.07) is 11.8. The molecule has 2 aromatic carbocycles. The van der Waals surface area contributed by atoms with Crippen LogP contribution in [0.4, 0.5) is 11.4 Å². The predicted molar refractivity (Wildman–Crippen MR) is 90.9 cm³/mol. The van der Waals surface area contributed by atoms with Gasteiger partial charge in [0, 0.05) is 16.3 Å². The Morgan fingerprint density at radius 3 is 2.52 bits per heavy atom. The molecule has 0 heterocycles. The highest BCUT2D eigenvalue weighted by atomic mass is 32.2. The smallest absolute Gasteiger partial charge is 0.234 e. The number of amides is 1. The molecular formula is C17H20N2OS. The number of carbonyl (C=O) groups excluding carboxylic acids is 1. The zero-order chi connectivity index (χ0) is 15.4. The number of aryl methyl sites for hydroxylation is 2. The third-order valence-electron chi connectivity index (χ3n) is 3.52. The van der Waals surface area contributed by atoms with Crippen LogP contribution in [0, 0.1) is 20.8 Å². The molecule has 0 saturated heterocycles. The molecule has 0 bridgehead atoms. The summed E-state index contributed by atoms with van der Waals surface area (Å²) < 4.78 is 0. The molecule has 3 nitrogen and oxygen atoms in total. The van der Waals surface area contributed by atoms with Crippen LogP contribution in [0.1, 0.15) is 16.7 Å². The highest BCUT2D eigenvalue weighted by Crippen LogP contribution is 2.27. The Morgan fingerprint density at radius 2 is 1.76 bits per heavy atom. The maximum Gasteiger partial charge on any atom is 0.234 e. The van der Waals surface area contributed by atoms with Crippen LogP contribution in [-0.4, -0.2) is 11.7 Å². The van der Waals surface area contributed by atoms with E-state index in [9.17, 15) is 4.79 Å². The number of hydrogen-bond acceptors (Lipinski definition) is 3. The van der Waals surface area contributed by atoms with Crippen LogP contribution in [0.3, 0.4) is 0 Å². The van der Waals surface area contributed by atoms with Gasteiger partial charge < -0.3 is 11.1 Å². The Kier molecular flexibility index (Phi) is 4.91. The first-order valence-corrected chi connectivity index (χ1v) is 7.81. The van der Waals surface area contributed by atoms with E-state index < -0.39 is 0 Å². The zero-order valence-corrected chi connectivity index (χ0v) is 13.4. The summed E-state index contributed by atoms with van der Waals surface area (Å²) in [5.41, 5.74) is 10.9. The molecule has 0 atom stereocenters. The monoisotopic (exact) mass is 300 g/mol. The number of anilines is 2. The van der Waals surface area contributed by atoms with Crippen molar-refractivity contribution < 1.29 is 4.79 Å².